The second kappa shape index (κ2) is 5.82. The predicted octanol–water partition coefficient (Wildman–Crippen LogP) is 1.77. The Bertz CT molecular complexity index is 431. The number of carbonyl (C=O) groups excluding carboxylic acids is 1. The minimum Gasteiger partial charge on any atom is -0.497 e. The highest BCUT2D eigenvalue weighted by molar-refractivity contribution is 5.93. The van der Waals surface area contributed by atoms with E-state index in [1.807, 2.05) is 0 Å². The minimum absolute atomic E-state index is 0.0932. The van der Waals surface area contributed by atoms with E-state index in [-0.39, 0.29) is 17.5 Å². The molecule has 0 bridgehead atoms. The predicted molar refractivity (Wildman–Crippen MR) is 67.2 cm³/mol. The van der Waals surface area contributed by atoms with Gasteiger partial charge in [-0.3, -0.25) is 4.79 Å². The van der Waals surface area contributed by atoms with Gasteiger partial charge in [-0.25, -0.2) is 4.39 Å². The monoisotopic (exact) mass is 252 g/mol. The number of hydrogen-bond acceptors (Lipinski definition) is 3. The Kier molecular flexibility index (Phi) is 4.15. The molecule has 1 amide bonds. The number of anilines is 1. The van der Waals surface area contributed by atoms with Crippen LogP contribution in [-0.4, -0.2) is 26.1 Å². The fraction of sp³-hybridized carbons (Fsp3) is 0.462. The number of hydrogen-bond donors (Lipinski definition) is 2. The van der Waals surface area contributed by atoms with Crippen LogP contribution in [0.1, 0.15) is 12.8 Å². The van der Waals surface area contributed by atoms with Crippen molar-refractivity contribution in [2.45, 2.75) is 12.8 Å². The molecule has 4 nitrogen and oxygen atoms in total. The molecule has 1 aromatic carbocycles. The SMILES string of the molecule is COc1ccc(F)c(NC(=O)C2CCCNC2)c1. The zero-order valence-electron chi connectivity index (χ0n) is 10.3. The Morgan fingerprint density at radius 1 is 1.56 bits per heavy atom. The summed E-state index contributed by atoms with van der Waals surface area (Å²) < 4.78 is 18.6. The van der Waals surface area contributed by atoms with Crippen molar-refractivity contribution in [1.29, 1.82) is 0 Å². The van der Waals surface area contributed by atoms with Crippen LogP contribution in [0.2, 0.25) is 0 Å². The molecule has 1 aliphatic heterocycles. The molecule has 0 aromatic heterocycles. The van der Waals surface area contributed by atoms with Crippen molar-refractivity contribution in [3.05, 3.63) is 24.0 Å². The fourth-order valence-corrected chi connectivity index (χ4v) is 2.04. The van der Waals surface area contributed by atoms with E-state index in [0.717, 1.165) is 19.4 Å². The number of piperidine rings is 1. The molecule has 0 radical (unpaired) electrons. The molecule has 1 unspecified atom stereocenters. The lowest BCUT2D eigenvalue weighted by Crippen LogP contribution is -2.37. The van der Waals surface area contributed by atoms with E-state index in [9.17, 15) is 9.18 Å². The number of nitrogens with one attached hydrogen (secondary N) is 2. The molecule has 0 spiro atoms. The summed E-state index contributed by atoms with van der Waals surface area (Å²) in [4.78, 5) is 12.0. The molecule has 2 rings (SSSR count). The van der Waals surface area contributed by atoms with Crippen LogP contribution < -0.4 is 15.4 Å². The van der Waals surface area contributed by atoms with Crippen LogP contribution in [0, 0.1) is 11.7 Å². The van der Waals surface area contributed by atoms with Gasteiger partial charge in [0.15, 0.2) is 0 Å². The van der Waals surface area contributed by atoms with E-state index >= 15 is 0 Å². The van der Waals surface area contributed by atoms with Gasteiger partial charge in [-0.15, -0.1) is 0 Å². The maximum absolute atomic E-state index is 13.5. The van der Waals surface area contributed by atoms with Crippen molar-refractivity contribution in [3.63, 3.8) is 0 Å². The van der Waals surface area contributed by atoms with Gasteiger partial charge in [-0.2, -0.15) is 0 Å². The summed E-state index contributed by atoms with van der Waals surface area (Å²) in [6.45, 7) is 1.59. The van der Waals surface area contributed by atoms with Crippen LogP contribution >= 0.6 is 0 Å². The Labute approximate surface area is 106 Å². The largest absolute Gasteiger partial charge is 0.497 e. The van der Waals surface area contributed by atoms with E-state index in [2.05, 4.69) is 10.6 Å². The van der Waals surface area contributed by atoms with Crippen LogP contribution in [-0.2, 0) is 4.79 Å². The second-order valence-corrected chi connectivity index (χ2v) is 4.38. The number of benzene rings is 1. The smallest absolute Gasteiger partial charge is 0.228 e. The van der Waals surface area contributed by atoms with Gasteiger partial charge >= 0.3 is 0 Å². The molecular formula is C13H17FN2O2. The lowest BCUT2D eigenvalue weighted by atomic mass is 9.99. The van der Waals surface area contributed by atoms with E-state index in [0.29, 0.717) is 12.3 Å². The average Bonchev–Trinajstić information content (AvgIpc) is 2.42. The molecule has 0 saturated carbocycles. The number of ether oxygens (including phenoxy) is 1. The highest BCUT2D eigenvalue weighted by Gasteiger charge is 2.21. The molecule has 5 heteroatoms. The molecule has 1 aliphatic rings. The Morgan fingerprint density at radius 2 is 2.39 bits per heavy atom. The Morgan fingerprint density at radius 3 is 3.06 bits per heavy atom. The van der Waals surface area contributed by atoms with Gasteiger partial charge < -0.3 is 15.4 Å². The molecule has 1 atom stereocenters. The summed E-state index contributed by atoms with van der Waals surface area (Å²) in [5, 5.41) is 5.78. The third-order valence-electron chi connectivity index (χ3n) is 3.10. The molecule has 0 aliphatic carbocycles. The van der Waals surface area contributed by atoms with Crippen molar-refractivity contribution >= 4 is 11.6 Å². The van der Waals surface area contributed by atoms with Gasteiger partial charge in [0.2, 0.25) is 5.91 Å². The van der Waals surface area contributed by atoms with Gasteiger partial charge in [0, 0.05) is 12.6 Å². The van der Waals surface area contributed by atoms with E-state index in [4.69, 9.17) is 4.74 Å². The van der Waals surface area contributed by atoms with E-state index < -0.39 is 5.82 Å². The highest BCUT2D eigenvalue weighted by Crippen LogP contribution is 2.22. The van der Waals surface area contributed by atoms with E-state index in [1.54, 1.807) is 0 Å². The van der Waals surface area contributed by atoms with Gasteiger partial charge in [0.05, 0.1) is 18.7 Å². The number of rotatable bonds is 3. The third-order valence-corrected chi connectivity index (χ3v) is 3.10. The first-order valence-corrected chi connectivity index (χ1v) is 6.06. The van der Waals surface area contributed by atoms with Crippen molar-refractivity contribution in [3.8, 4) is 5.75 Å². The maximum Gasteiger partial charge on any atom is 0.228 e. The zero-order chi connectivity index (χ0) is 13.0. The Balaban J connectivity index is 2.05. The fourth-order valence-electron chi connectivity index (χ4n) is 2.04. The quantitative estimate of drug-likeness (QED) is 0.862. The summed E-state index contributed by atoms with van der Waals surface area (Å²) in [6, 6.07) is 4.30. The maximum atomic E-state index is 13.5. The first kappa shape index (κ1) is 12.8. The molecule has 18 heavy (non-hydrogen) atoms. The number of methoxy groups -OCH3 is 1. The second-order valence-electron chi connectivity index (χ2n) is 4.38. The first-order chi connectivity index (χ1) is 8.70. The normalized spacial score (nSPS) is 19.3. The average molecular weight is 252 g/mol. The molecule has 2 N–H and O–H groups in total. The van der Waals surface area contributed by atoms with Crippen molar-refractivity contribution < 1.29 is 13.9 Å². The van der Waals surface area contributed by atoms with Crippen LogP contribution in [0.3, 0.4) is 0 Å². The summed E-state index contributed by atoms with van der Waals surface area (Å²) in [5.74, 6) is -0.167. The number of amides is 1. The minimum atomic E-state index is -0.451. The van der Waals surface area contributed by atoms with Crippen molar-refractivity contribution in [1.82, 2.24) is 5.32 Å². The molecule has 1 saturated heterocycles. The van der Waals surface area contributed by atoms with Gasteiger partial charge in [-0.1, -0.05) is 0 Å². The van der Waals surface area contributed by atoms with Gasteiger partial charge in [0.25, 0.3) is 0 Å². The summed E-state index contributed by atoms with van der Waals surface area (Å²) in [6.07, 6.45) is 1.81. The van der Waals surface area contributed by atoms with E-state index in [1.165, 1.54) is 25.3 Å². The van der Waals surface area contributed by atoms with Crippen molar-refractivity contribution in [2.24, 2.45) is 5.92 Å². The highest BCUT2D eigenvalue weighted by atomic mass is 19.1. The van der Waals surface area contributed by atoms with Crippen LogP contribution in [0.15, 0.2) is 18.2 Å². The molecular weight excluding hydrogens is 235 g/mol. The topological polar surface area (TPSA) is 50.4 Å². The molecule has 1 fully saturated rings. The lowest BCUT2D eigenvalue weighted by molar-refractivity contribution is -0.120. The van der Waals surface area contributed by atoms with Crippen molar-refractivity contribution in [2.75, 3.05) is 25.5 Å². The molecule has 1 aromatic rings. The summed E-state index contributed by atoms with van der Waals surface area (Å²) in [5.41, 5.74) is 0.171. The Hall–Kier alpha value is -1.62. The van der Waals surface area contributed by atoms with Crippen LogP contribution in [0.5, 0.6) is 5.75 Å². The molecule has 1 heterocycles. The van der Waals surface area contributed by atoms with Gasteiger partial charge in [0.1, 0.15) is 11.6 Å². The van der Waals surface area contributed by atoms with Crippen LogP contribution in [0.4, 0.5) is 10.1 Å². The third kappa shape index (κ3) is 2.98. The number of halogens is 1. The van der Waals surface area contributed by atoms with Crippen LogP contribution in [0.25, 0.3) is 0 Å². The van der Waals surface area contributed by atoms with Gasteiger partial charge in [-0.05, 0) is 31.5 Å². The zero-order valence-corrected chi connectivity index (χ0v) is 10.3. The molecule has 98 valence electrons. The summed E-state index contributed by atoms with van der Waals surface area (Å²) >= 11 is 0. The number of carbonyl (C=O) groups is 1. The standard InChI is InChI=1S/C13H17FN2O2/c1-18-10-4-5-11(14)12(7-10)16-13(17)9-3-2-6-15-8-9/h4-5,7,9,15H,2-3,6,8H2,1H3,(H,16,17). The summed E-state index contributed by atoms with van der Waals surface area (Å²) in [7, 11) is 1.50. The first-order valence-electron chi connectivity index (χ1n) is 6.06. The lowest BCUT2D eigenvalue weighted by Gasteiger charge is -2.22.